The Labute approximate surface area is 172 Å². The van der Waals surface area contributed by atoms with Crippen molar-refractivity contribution < 1.29 is 8.95 Å². The molecule has 1 fully saturated rings. The molecule has 6 nitrogen and oxygen atoms in total. The zero-order valence-corrected chi connectivity index (χ0v) is 18.6. The lowest BCUT2D eigenvalue weighted by molar-refractivity contribution is 0.261. The maximum atomic E-state index is 12.1. The van der Waals surface area contributed by atoms with Crippen LogP contribution in [-0.2, 0) is 17.3 Å². The third kappa shape index (κ3) is 7.80. The Balaban J connectivity index is 1.82. The molecular formula is C21H36N4O2S. The Kier molecular flexibility index (Phi) is 9.78. The van der Waals surface area contributed by atoms with Crippen LogP contribution in [0, 0.1) is 0 Å². The van der Waals surface area contributed by atoms with Crippen LogP contribution in [0.2, 0.25) is 0 Å². The maximum absolute atomic E-state index is 12.1. The minimum Gasteiger partial charge on any atom is -0.492 e. The molecule has 0 saturated heterocycles. The molecule has 2 N–H and O–H groups in total. The number of ether oxygens (including phenoxy) is 1. The number of hydrogen-bond acceptors (Lipinski definition) is 4. The van der Waals surface area contributed by atoms with Crippen LogP contribution in [0.4, 0.5) is 0 Å². The van der Waals surface area contributed by atoms with Gasteiger partial charge in [-0.2, -0.15) is 0 Å². The molecule has 1 aromatic rings. The number of rotatable bonds is 9. The molecule has 2 rings (SSSR count). The number of benzene rings is 1. The Morgan fingerprint density at radius 2 is 2.18 bits per heavy atom. The van der Waals surface area contributed by atoms with Crippen LogP contribution in [0.3, 0.4) is 0 Å². The molecule has 28 heavy (non-hydrogen) atoms. The van der Waals surface area contributed by atoms with Gasteiger partial charge in [-0.3, -0.25) is 9.20 Å². The number of nitrogens with zero attached hydrogens (tertiary/aromatic N) is 2. The van der Waals surface area contributed by atoms with E-state index in [2.05, 4.69) is 32.7 Å². The summed E-state index contributed by atoms with van der Waals surface area (Å²) in [6.07, 6.45) is 4.26. The Bertz CT molecular complexity index is 651. The lowest BCUT2D eigenvalue weighted by atomic mass is 9.95. The van der Waals surface area contributed by atoms with E-state index in [1.54, 1.807) is 7.05 Å². The molecule has 7 heteroatoms. The van der Waals surface area contributed by atoms with Gasteiger partial charge in [-0.15, -0.1) is 0 Å². The summed E-state index contributed by atoms with van der Waals surface area (Å²) in [6.45, 7) is 4.26. The second-order valence-electron chi connectivity index (χ2n) is 7.52. The average Bonchev–Trinajstić information content (AvgIpc) is 2.70. The second kappa shape index (κ2) is 12.1. The molecule has 0 aliphatic heterocycles. The van der Waals surface area contributed by atoms with Crippen LogP contribution < -0.4 is 15.4 Å². The van der Waals surface area contributed by atoms with E-state index in [1.807, 2.05) is 33.2 Å². The predicted octanol–water partition coefficient (Wildman–Crippen LogP) is 2.37. The van der Waals surface area contributed by atoms with E-state index in [-0.39, 0.29) is 0 Å². The summed E-state index contributed by atoms with van der Waals surface area (Å²) in [4.78, 5) is 6.46. The lowest BCUT2D eigenvalue weighted by Crippen LogP contribution is -2.46. The van der Waals surface area contributed by atoms with Gasteiger partial charge in [0.1, 0.15) is 12.4 Å². The highest BCUT2D eigenvalue weighted by Crippen LogP contribution is 2.23. The van der Waals surface area contributed by atoms with E-state index in [4.69, 9.17) is 4.74 Å². The molecule has 158 valence electrons. The molecule has 0 spiro atoms. The summed E-state index contributed by atoms with van der Waals surface area (Å²) in [5.41, 5.74) is 1.15. The minimum atomic E-state index is -0.710. The van der Waals surface area contributed by atoms with Gasteiger partial charge < -0.3 is 20.3 Å². The van der Waals surface area contributed by atoms with E-state index < -0.39 is 10.8 Å². The van der Waals surface area contributed by atoms with Crippen molar-refractivity contribution in [2.75, 3.05) is 40.0 Å². The Morgan fingerprint density at radius 1 is 1.36 bits per heavy atom. The van der Waals surface area contributed by atoms with Crippen molar-refractivity contribution >= 4 is 16.8 Å². The van der Waals surface area contributed by atoms with Crippen LogP contribution in [0.25, 0.3) is 0 Å². The fourth-order valence-corrected chi connectivity index (χ4v) is 4.76. The van der Waals surface area contributed by atoms with Gasteiger partial charge in [-0.1, -0.05) is 25.5 Å². The SMILES string of the molecule is CCS(=O)C1CCCC(NC(=NC)NCc2cccc(OCCN(C)C)c2)C1. The number of likely N-dealkylation sites (N-methyl/N-ethyl adjacent to an activating group) is 1. The first-order valence-corrected chi connectivity index (χ1v) is 11.6. The second-order valence-corrected chi connectivity index (χ2v) is 9.53. The van der Waals surface area contributed by atoms with Crippen molar-refractivity contribution in [3.8, 4) is 5.75 Å². The van der Waals surface area contributed by atoms with Crippen molar-refractivity contribution in [2.45, 2.75) is 50.4 Å². The van der Waals surface area contributed by atoms with Crippen LogP contribution in [0.5, 0.6) is 5.75 Å². The van der Waals surface area contributed by atoms with Crippen LogP contribution in [-0.4, -0.2) is 66.4 Å². The van der Waals surface area contributed by atoms with Crippen molar-refractivity contribution in [3.05, 3.63) is 29.8 Å². The predicted molar refractivity (Wildman–Crippen MR) is 119 cm³/mol. The van der Waals surface area contributed by atoms with Crippen LogP contribution in [0.1, 0.15) is 38.2 Å². The van der Waals surface area contributed by atoms with Gasteiger partial charge in [0, 0.05) is 48.0 Å². The molecule has 3 unspecified atom stereocenters. The maximum Gasteiger partial charge on any atom is 0.191 e. The van der Waals surface area contributed by atoms with Crippen molar-refractivity contribution in [3.63, 3.8) is 0 Å². The fraction of sp³-hybridized carbons (Fsp3) is 0.667. The normalized spacial score (nSPS) is 21.4. The van der Waals surface area contributed by atoms with Gasteiger partial charge >= 0.3 is 0 Å². The summed E-state index contributed by atoms with van der Waals surface area (Å²) >= 11 is 0. The zero-order chi connectivity index (χ0) is 20.4. The largest absolute Gasteiger partial charge is 0.492 e. The quantitative estimate of drug-likeness (QED) is 0.485. The molecule has 0 radical (unpaired) electrons. The molecule has 0 heterocycles. The van der Waals surface area contributed by atoms with Gasteiger partial charge in [-0.25, -0.2) is 0 Å². The van der Waals surface area contributed by atoms with Gasteiger partial charge in [0.2, 0.25) is 0 Å². The zero-order valence-electron chi connectivity index (χ0n) is 17.7. The standard InChI is InChI=1S/C21H36N4O2S/c1-5-28(26)20-11-7-9-18(15-20)24-21(22-2)23-16-17-8-6-10-19(14-17)27-13-12-25(3)4/h6,8,10,14,18,20H,5,7,9,11-13,15-16H2,1-4H3,(H2,22,23,24). The number of hydrogen-bond donors (Lipinski definition) is 2. The third-order valence-electron chi connectivity index (χ3n) is 5.01. The fourth-order valence-electron chi connectivity index (χ4n) is 3.42. The molecule has 0 aromatic heterocycles. The highest BCUT2D eigenvalue weighted by Gasteiger charge is 2.25. The minimum absolute atomic E-state index is 0.311. The summed E-state index contributed by atoms with van der Waals surface area (Å²) < 4.78 is 18.0. The molecule has 1 aliphatic rings. The van der Waals surface area contributed by atoms with Crippen molar-refractivity contribution in [2.24, 2.45) is 4.99 Å². The van der Waals surface area contributed by atoms with E-state index >= 15 is 0 Å². The van der Waals surface area contributed by atoms with E-state index in [0.29, 0.717) is 24.4 Å². The monoisotopic (exact) mass is 408 g/mol. The van der Waals surface area contributed by atoms with Gasteiger partial charge in [0.15, 0.2) is 5.96 Å². The molecule has 1 aromatic carbocycles. The highest BCUT2D eigenvalue weighted by molar-refractivity contribution is 7.85. The first-order chi connectivity index (χ1) is 13.5. The van der Waals surface area contributed by atoms with Gasteiger partial charge in [0.05, 0.1) is 0 Å². The van der Waals surface area contributed by atoms with E-state index in [1.165, 1.54) is 0 Å². The van der Waals surface area contributed by atoms with Gasteiger partial charge in [0.25, 0.3) is 0 Å². The van der Waals surface area contributed by atoms with E-state index in [9.17, 15) is 4.21 Å². The first kappa shape index (κ1) is 22.7. The average molecular weight is 409 g/mol. The van der Waals surface area contributed by atoms with Crippen LogP contribution in [0.15, 0.2) is 29.3 Å². The molecule has 0 bridgehead atoms. The third-order valence-corrected chi connectivity index (χ3v) is 6.75. The summed E-state index contributed by atoms with van der Waals surface area (Å²) in [7, 11) is 5.16. The van der Waals surface area contributed by atoms with E-state index in [0.717, 1.165) is 55.3 Å². The number of guanidine groups is 1. The highest BCUT2D eigenvalue weighted by atomic mass is 32.2. The lowest BCUT2D eigenvalue weighted by Gasteiger charge is -2.30. The topological polar surface area (TPSA) is 66.0 Å². The molecular weight excluding hydrogens is 372 g/mol. The van der Waals surface area contributed by atoms with Crippen molar-refractivity contribution in [1.82, 2.24) is 15.5 Å². The summed E-state index contributed by atoms with van der Waals surface area (Å²) in [6, 6.07) is 8.49. The number of aliphatic imine (C=N–C) groups is 1. The summed E-state index contributed by atoms with van der Waals surface area (Å²) in [5, 5.41) is 7.22. The summed E-state index contributed by atoms with van der Waals surface area (Å²) in [5.74, 6) is 2.44. The molecule has 1 saturated carbocycles. The number of nitrogens with one attached hydrogen (secondary N) is 2. The van der Waals surface area contributed by atoms with Gasteiger partial charge in [-0.05, 0) is 51.1 Å². The Morgan fingerprint density at radius 3 is 2.89 bits per heavy atom. The Hall–Kier alpha value is -1.60. The van der Waals surface area contributed by atoms with Crippen LogP contribution >= 0.6 is 0 Å². The first-order valence-electron chi connectivity index (χ1n) is 10.2. The molecule has 1 aliphatic carbocycles. The molecule has 0 amide bonds. The van der Waals surface area contributed by atoms with Crippen molar-refractivity contribution in [1.29, 1.82) is 0 Å². The smallest absolute Gasteiger partial charge is 0.191 e. The molecule has 3 atom stereocenters.